The number of aromatic nitrogens is 3. The van der Waals surface area contributed by atoms with Crippen molar-refractivity contribution < 1.29 is 4.74 Å². The van der Waals surface area contributed by atoms with Gasteiger partial charge in [0.25, 0.3) is 0 Å². The third kappa shape index (κ3) is 5.72. The van der Waals surface area contributed by atoms with Crippen LogP contribution in [0.1, 0.15) is 22.3 Å². The van der Waals surface area contributed by atoms with E-state index in [0.29, 0.717) is 17.5 Å². The quantitative estimate of drug-likeness (QED) is 0.168. The first-order chi connectivity index (χ1) is 30.7. The van der Waals surface area contributed by atoms with Gasteiger partial charge in [-0.15, -0.1) is 0 Å². The molecule has 9 aromatic carbocycles. The van der Waals surface area contributed by atoms with Crippen LogP contribution in [0.3, 0.4) is 0 Å². The third-order valence-electron chi connectivity index (χ3n) is 12.4. The molecule has 2 aliphatic rings. The van der Waals surface area contributed by atoms with Crippen LogP contribution in [0.2, 0.25) is 0 Å². The van der Waals surface area contributed by atoms with Crippen LogP contribution >= 0.6 is 0 Å². The Morgan fingerprint density at radius 1 is 0.274 bits per heavy atom. The van der Waals surface area contributed by atoms with Crippen molar-refractivity contribution in [2.75, 3.05) is 0 Å². The summed E-state index contributed by atoms with van der Waals surface area (Å²) in [6, 6.07) is 79.1. The van der Waals surface area contributed by atoms with Crippen molar-refractivity contribution in [1.29, 1.82) is 0 Å². The van der Waals surface area contributed by atoms with E-state index in [9.17, 15) is 0 Å². The summed E-state index contributed by atoms with van der Waals surface area (Å²) in [5.41, 5.74) is 16.1. The lowest BCUT2D eigenvalue weighted by atomic mass is 9.65. The van der Waals surface area contributed by atoms with Crippen LogP contribution in [-0.2, 0) is 5.41 Å². The summed E-state index contributed by atoms with van der Waals surface area (Å²) in [5, 5.41) is 0. The van der Waals surface area contributed by atoms with Crippen LogP contribution in [0.5, 0.6) is 11.5 Å². The smallest absolute Gasteiger partial charge is 0.164 e. The molecule has 290 valence electrons. The van der Waals surface area contributed by atoms with Gasteiger partial charge in [0.2, 0.25) is 0 Å². The molecule has 0 unspecified atom stereocenters. The molecule has 1 aliphatic carbocycles. The van der Waals surface area contributed by atoms with Crippen LogP contribution in [0.4, 0.5) is 0 Å². The average Bonchev–Trinajstić information content (AvgIpc) is 3.65. The number of nitrogens with zero attached hydrogens (tertiary/aromatic N) is 3. The average molecular weight is 792 g/mol. The molecule has 4 heteroatoms. The zero-order valence-electron chi connectivity index (χ0n) is 33.6. The first-order valence-electron chi connectivity index (χ1n) is 21.0. The maximum Gasteiger partial charge on any atom is 0.164 e. The summed E-state index contributed by atoms with van der Waals surface area (Å²) in [5.74, 6) is 3.62. The highest BCUT2D eigenvalue weighted by Gasteiger charge is 2.51. The molecule has 1 aliphatic heterocycles. The minimum absolute atomic E-state index is 0.524. The Morgan fingerprint density at radius 2 is 0.661 bits per heavy atom. The third-order valence-corrected chi connectivity index (χ3v) is 12.4. The van der Waals surface area contributed by atoms with Gasteiger partial charge in [0.1, 0.15) is 11.5 Å². The molecular weight excluding hydrogens is 755 g/mol. The Bertz CT molecular complexity index is 3290. The van der Waals surface area contributed by atoms with Crippen molar-refractivity contribution in [3.05, 3.63) is 247 Å². The minimum Gasteiger partial charge on any atom is -0.456 e. The minimum atomic E-state index is -0.524. The lowest BCUT2D eigenvalue weighted by molar-refractivity contribution is 0.438. The molecule has 0 atom stereocenters. The maximum absolute atomic E-state index is 7.01. The summed E-state index contributed by atoms with van der Waals surface area (Å²) in [4.78, 5) is 15.2. The standard InChI is InChI=1S/C58H37N3O/c1-3-17-38(18-4-1)40-21-14-25-44(36-40)56-59-55(39-19-5-2-6-20-39)60-57(61-56)45-26-15-23-42(37-45)41-22-13-24-43(35-41)46-29-16-33-52-54(46)62-53-34-12-11-32-51(53)58(52)49-30-9-7-27-47(49)48-28-8-10-31-50(48)58/h1-37H. The molecule has 10 aromatic rings. The fourth-order valence-electron chi connectivity index (χ4n) is 9.63. The molecule has 1 spiro atoms. The number of rotatable bonds is 6. The lowest BCUT2D eigenvalue weighted by Gasteiger charge is -2.40. The molecule has 0 saturated heterocycles. The summed E-state index contributed by atoms with van der Waals surface area (Å²) >= 11 is 0. The van der Waals surface area contributed by atoms with E-state index in [2.05, 4.69) is 188 Å². The Balaban J connectivity index is 0.970. The van der Waals surface area contributed by atoms with Crippen LogP contribution in [-0.4, -0.2) is 15.0 Å². The van der Waals surface area contributed by atoms with Crippen molar-refractivity contribution in [1.82, 2.24) is 15.0 Å². The number of benzene rings is 9. The second kappa shape index (κ2) is 14.5. The zero-order chi connectivity index (χ0) is 41.0. The van der Waals surface area contributed by atoms with Gasteiger partial charge in [-0.25, -0.2) is 15.0 Å². The van der Waals surface area contributed by atoms with Crippen LogP contribution in [0, 0.1) is 0 Å². The number of hydrogen-bond donors (Lipinski definition) is 0. The first kappa shape index (κ1) is 35.7. The van der Waals surface area contributed by atoms with Gasteiger partial charge in [-0.1, -0.05) is 200 Å². The molecule has 1 aromatic heterocycles. The highest BCUT2D eigenvalue weighted by atomic mass is 16.5. The molecule has 0 N–H and O–H groups in total. The van der Waals surface area contributed by atoms with Gasteiger partial charge in [0.15, 0.2) is 17.5 Å². The number of fused-ring (bicyclic) bond motifs is 9. The Morgan fingerprint density at radius 3 is 1.27 bits per heavy atom. The van der Waals surface area contributed by atoms with E-state index in [-0.39, 0.29) is 0 Å². The summed E-state index contributed by atoms with van der Waals surface area (Å²) in [6.07, 6.45) is 0. The topological polar surface area (TPSA) is 47.9 Å². The Kier molecular flexibility index (Phi) is 8.36. The van der Waals surface area contributed by atoms with Gasteiger partial charge >= 0.3 is 0 Å². The molecule has 0 saturated carbocycles. The number of ether oxygens (including phenoxy) is 1. The van der Waals surface area contributed by atoms with E-state index in [0.717, 1.165) is 72.7 Å². The molecular formula is C58H37N3O. The van der Waals surface area contributed by atoms with Gasteiger partial charge in [-0.3, -0.25) is 0 Å². The molecule has 0 fully saturated rings. The largest absolute Gasteiger partial charge is 0.456 e. The number of para-hydroxylation sites is 2. The van der Waals surface area contributed by atoms with E-state index >= 15 is 0 Å². The number of hydrogen-bond acceptors (Lipinski definition) is 4. The van der Waals surface area contributed by atoms with Crippen LogP contribution in [0.25, 0.3) is 78.7 Å². The van der Waals surface area contributed by atoms with Crippen molar-refractivity contribution >= 4 is 0 Å². The fraction of sp³-hybridized carbons (Fsp3) is 0.0172. The monoisotopic (exact) mass is 791 g/mol. The summed E-state index contributed by atoms with van der Waals surface area (Å²) < 4.78 is 7.01. The zero-order valence-corrected chi connectivity index (χ0v) is 33.6. The van der Waals surface area contributed by atoms with Crippen molar-refractivity contribution in [2.24, 2.45) is 0 Å². The van der Waals surface area contributed by atoms with Gasteiger partial charge in [-0.05, 0) is 74.3 Å². The second-order valence-corrected chi connectivity index (χ2v) is 15.9. The van der Waals surface area contributed by atoms with Gasteiger partial charge in [0, 0.05) is 33.4 Å². The van der Waals surface area contributed by atoms with E-state index in [1.807, 2.05) is 36.4 Å². The van der Waals surface area contributed by atoms with Crippen molar-refractivity contribution in [3.63, 3.8) is 0 Å². The Hall–Kier alpha value is -8.21. The predicted octanol–water partition coefficient (Wildman–Crippen LogP) is 14.3. The van der Waals surface area contributed by atoms with E-state index in [1.54, 1.807) is 0 Å². The highest BCUT2D eigenvalue weighted by molar-refractivity contribution is 5.91. The molecule has 2 heterocycles. The van der Waals surface area contributed by atoms with Gasteiger partial charge < -0.3 is 4.74 Å². The normalized spacial score (nSPS) is 12.8. The first-order valence-corrected chi connectivity index (χ1v) is 21.0. The molecule has 62 heavy (non-hydrogen) atoms. The molecule has 0 bridgehead atoms. The molecule has 4 nitrogen and oxygen atoms in total. The van der Waals surface area contributed by atoms with Crippen LogP contribution in [0.15, 0.2) is 224 Å². The van der Waals surface area contributed by atoms with Crippen molar-refractivity contribution in [3.8, 4) is 90.2 Å². The molecule has 0 amide bonds. The van der Waals surface area contributed by atoms with Gasteiger partial charge in [0.05, 0.1) is 5.41 Å². The maximum atomic E-state index is 7.01. The van der Waals surface area contributed by atoms with E-state index < -0.39 is 5.41 Å². The van der Waals surface area contributed by atoms with E-state index in [4.69, 9.17) is 19.7 Å². The fourth-order valence-corrected chi connectivity index (χ4v) is 9.63. The predicted molar refractivity (Wildman–Crippen MR) is 250 cm³/mol. The van der Waals surface area contributed by atoms with Crippen molar-refractivity contribution in [2.45, 2.75) is 5.41 Å². The lowest BCUT2D eigenvalue weighted by Crippen LogP contribution is -2.32. The summed E-state index contributed by atoms with van der Waals surface area (Å²) in [7, 11) is 0. The van der Waals surface area contributed by atoms with Gasteiger partial charge in [-0.2, -0.15) is 0 Å². The summed E-state index contributed by atoms with van der Waals surface area (Å²) in [6.45, 7) is 0. The molecule has 0 radical (unpaired) electrons. The van der Waals surface area contributed by atoms with Crippen LogP contribution < -0.4 is 4.74 Å². The van der Waals surface area contributed by atoms with E-state index in [1.165, 1.54) is 22.3 Å². The second-order valence-electron chi connectivity index (χ2n) is 15.9. The highest BCUT2D eigenvalue weighted by Crippen LogP contribution is 2.63. The molecule has 12 rings (SSSR count). The SMILES string of the molecule is c1ccc(-c2cccc(-c3nc(-c4ccccc4)nc(-c4cccc(-c5cccc(-c6cccc7c6Oc6ccccc6C76c7ccccc7-c7ccccc76)c5)c4)n3)c2)cc1. The Labute approximate surface area is 360 Å².